The van der Waals surface area contributed by atoms with Crippen LogP contribution in [0.3, 0.4) is 0 Å². The summed E-state index contributed by atoms with van der Waals surface area (Å²) in [6, 6.07) is 4.21. The Morgan fingerprint density at radius 1 is 0.849 bits per heavy atom. The van der Waals surface area contributed by atoms with Crippen molar-refractivity contribution in [1.29, 1.82) is 0 Å². The van der Waals surface area contributed by atoms with Crippen LogP contribution in [0.15, 0.2) is 30.3 Å². The van der Waals surface area contributed by atoms with E-state index >= 15 is 0 Å². The number of carbonyl (C=O) groups excluding carboxylic acids is 6. The highest BCUT2D eigenvalue weighted by molar-refractivity contribution is 8.17. The number of thioether (sulfide) groups is 3. The molecule has 1 amide bonds. The lowest BCUT2D eigenvalue weighted by molar-refractivity contribution is -0.150. The number of nitrogens with two attached hydrogens (primary N) is 2. The Kier molecular flexibility index (Phi) is 17.9. The number of nitrogens with one attached hydrogen (secondary N) is 3. The monoisotopic (exact) mass is 795 g/mol. The first-order chi connectivity index (χ1) is 24.9. The molecule has 0 radical (unpaired) electrons. The number of hydrogen-bond donors (Lipinski definition) is 6. The summed E-state index contributed by atoms with van der Waals surface area (Å²) in [4.78, 5) is 86.8. The second-order valence-electron chi connectivity index (χ2n) is 14.1. The molecule has 2 saturated carbocycles. The largest absolute Gasteiger partial charge is 0.475 e. The number of carboxylic acid groups (broad SMARTS) is 1. The summed E-state index contributed by atoms with van der Waals surface area (Å²) in [5.74, 6) is -3.52. The fourth-order valence-electron chi connectivity index (χ4n) is 6.79. The molecule has 2 aliphatic rings. The number of hydrogen-bond acceptors (Lipinski definition) is 15. The van der Waals surface area contributed by atoms with Crippen molar-refractivity contribution < 1.29 is 43.4 Å². The van der Waals surface area contributed by atoms with E-state index in [2.05, 4.69) is 16.0 Å². The number of ether oxygens (including phenoxy) is 1. The molecular formula is C36H53N5O9S3. The Morgan fingerprint density at radius 2 is 1.45 bits per heavy atom. The molecule has 8 N–H and O–H groups in total. The fraction of sp³-hybridized carbons (Fsp3) is 0.639. The van der Waals surface area contributed by atoms with Crippen molar-refractivity contribution in [2.24, 2.45) is 17.4 Å². The SMILES string of the molecule is CC(=O)SC1CC(NC(=O)[C@@H](N)CCOC(=O)[C@H](CC(C)C)NC2CC(SC(C)=O)C(SC(C)=O)C2N)C(N[C@@H](Cc2ccccc2)C(=O)C(=O)O)C1. The highest BCUT2D eigenvalue weighted by Crippen LogP contribution is 2.38. The zero-order valence-electron chi connectivity index (χ0n) is 30.8. The molecule has 0 aromatic heterocycles. The van der Waals surface area contributed by atoms with Crippen molar-refractivity contribution in [2.45, 2.75) is 131 Å². The van der Waals surface area contributed by atoms with E-state index in [1.807, 2.05) is 19.9 Å². The standard InChI is InChI=1S/C36H53N5O9S3/c1-18(2)13-29(40-27-17-30(52-20(4)43)33(31(27)38)53-21(5)44)36(49)50-12-11-24(37)34(46)41-26-16-23(51-19(3)42)15-25(26)39-28(32(45)35(47)48)14-22-9-7-6-8-10-22/h6-10,18,23-31,33,39-40H,11-17,37-38H2,1-5H3,(H,41,46)(H,47,48)/t23?,24-,25?,26?,27?,28-,29-,30?,31?,33?/m0/s1. The third kappa shape index (κ3) is 14.4. The number of benzene rings is 1. The molecular weight excluding hydrogens is 743 g/mol. The number of carbonyl (C=O) groups is 7. The number of esters is 1. The van der Waals surface area contributed by atoms with Gasteiger partial charge in [0.1, 0.15) is 6.04 Å². The lowest BCUT2D eigenvalue weighted by Crippen LogP contribution is -2.55. The second kappa shape index (κ2) is 21.3. The number of amides is 1. The van der Waals surface area contributed by atoms with Crippen molar-refractivity contribution >= 4 is 74.3 Å². The molecule has 17 heteroatoms. The fourth-order valence-corrected chi connectivity index (χ4v) is 10.2. The van der Waals surface area contributed by atoms with E-state index in [4.69, 9.17) is 16.2 Å². The average Bonchev–Trinajstić information content (AvgIpc) is 3.56. The van der Waals surface area contributed by atoms with Crippen LogP contribution in [0.25, 0.3) is 0 Å². The highest BCUT2D eigenvalue weighted by atomic mass is 32.2. The first-order valence-corrected chi connectivity index (χ1v) is 20.4. The van der Waals surface area contributed by atoms with Crippen molar-refractivity contribution in [1.82, 2.24) is 16.0 Å². The Morgan fingerprint density at radius 3 is 2.04 bits per heavy atom. The highest BCUT2D eigenvalue weighted by Gasteiger charge is 2.45. The van der Waals surface area contributed by atoms with Crippen molar-refractivity contribution in [3.8, 4) is 0 Å². The molecule has 0 heterocycles. The van der Waals surface area contributed by atoms with E-state index in [0.29, 0.717) is 25.7 Å². The maximum atomic E-state index is 13.3. The molecule has 2 aliphatic carbocycles. The van der Waals surface area contributed by atoms with Crippen molar-refractivity contribution in [2.75, 3.05) is 6.61 Å². The van der Waals surface area contributed by atoms with Gasteiger partial charge in [0.05, 0.1) is 18.7 Å². The number of aliphatic carboxylic acids is 1. The molecule has 53 heavy (non-hydrogen) atoms. The summed E-state index contributed by atoms with van der Waals surface area (Å²) in [6.07, 6.45) is 1.84. The quantitative estimate of drug-likeness (QED) is 0.0865. The summed E-state index contributed by atoms with van der Waals surface area (Å²) in [6.45, 7) is 8.15. The maximum Gasteiger partial charge on any atom is 0.373 e. The normalized spacial score (nSPS) is 25.7. The van der Waals surface area contributed by atoms with E-state index in [0.717, 1.165) is 40.8 Å². The molecule has 1 aromatic carbocycles. The molecule has 10 atom stereocenters. The van der Waals surface area contributed by atoms with Crippen LogP contribution < -0.4 is 27.4 Å². The summed E-state index contributed by atoms with van der Waals surface area (Å²) in [5, 5.41) is 18.0. The van der Waals surface area contributed by atoms with Gasteiger partial charge in [0.15, 0.2) is 15.3 Å². The predicted molar refractivity (Wildman–Crippen MR) is 207 cm³/mol. The molecule has 0 saturated heterocycles. The molecule has 14 nitrogen and oxygen atoms in total. The van der Waals surface area contributed by atoms with Gasteiger partial charge in [-0.25, -0.2) is 4.79 Å². The second-order valence-corrected chi connectivity index (χ2v) is 18.3. The summed E-state index contributed by atoms with van der Waals surface area (Å²) in [5.41, 5.74) is 13.6. The molecule has 0 aliphatic heterocycles. The van der Waals surface area contributed by atoms with E-state index in [9.17, 15) is 38.7 Å². The van der Waals surface area contributed by atoms with E-state index in [1.165, 1.54) is 20.8 Å². The van der Waals surface area contributed by atoms with Crippen LogP contribution in [-0.4, -0.2) is 109 Å². The zero-order chi connectivity index (χ0) is 39.4. The third-order valence-corrected chi connectivity index (χ3v) is 12.7. The Balaban J connectivity index is 1.62. The first-order valence-electron chi connectivity index (χ1n) is 17.8. The Bertz CT molecular complexity index is 1470. The van der Waals surface area contributed by atoms with Gasteiger partial charge < -0.3 is 31.9 Å². The van der Waals surface area contributed by atoms with Crippen LogP contribution in [0.2, 0.25) is 0 Å². The molecule has 0 spiro atoms. The molecule has 3 rings (SSSR count). The molecule has 294 valence electrons. The van der Waals surface area contributed by atoms with Crippen LogP contribution >= 0.6 is 35.3 Å². The van der Waals surface area contributed by atoms with E-state index in [1.54, 1.807) is 24.3 Å². The molecule has 7 unspecified atom stereocenters. The number of ketones is 1. The van der Waals surface area contributed by atoms with Gasteiger partial charge in [-0.05, 0) is 43.6 Å². The van der Waals surface area contributed by atoms with Gasteiger partial charge in [-0.3, -0.25) is 34.1 Å². The molecule has 1 aromatic rings. The predicted octanol–water partition coefficient (Wildman–Crippen LogP) is 1.80. The number of Topliss-reactive ketones (excluding diaryl/α,β-unsaturated/α-hetero) is 1. The van der Waals surface area contributed by atoms with Crippen LogP contribution in [0.5, 0.6) is 0 Å². The number of carboxylic acids is 1. The Hall–Kier alpha value is -2.80. The topological polar surface area (TPSA) is 237 Å². The average molecular weight is 796 g/mol. The van der Waals surface area contributed by atoms with Gasteiger partial charge in [0.2, 0.25) is 5.91 Å². The summed E-state index contributed by atoms with van der Waals surface area (Å²) < 4.78 is 5.60. The molecule has 2 fully saturated rings. The van der Waals surface area contributed by atoms with E-state index < -0.39 is 59.9 Å². The van der Waals surface area contributed by atoms with Gasteiger partial charge >= 0.3 is 11.9 Å². The van der Waals surface area contributed by atoms with Crippen LogP contribution in [0.4, 0.5) is 0 Å². The van der Waals surface area contributed by atoms with Crippen molar-refractivity contribution in [3.63, 3.8) is 0 Å². The van der Waals surface area contributed by atoms with Gasteiger partial charge in [-0.1, -0.05) is 79.5 Å². The van der Waals surface area contributed by atoms with E-state index in [-0.39, 0.29) is 62.5 Å². The van der Waals surface area contributed by atoms with Gasteiger partial charge in [0, 0.05) is 67.1 Å². The number of rotatable bonds is 19. The lowest BCUT2D eigenvalue weighted by Gasteiger charge is -2.28. The minimum absolute atomic E-state index is 0.00807. The zero-order valence-corrected chi connectivity index (χ0v) is 33.2. The van der Waals surface area contributed by atoms with Crippen LogP contribution in [0, 0.1) is 5.92 Å². The smallest absolute Gasteiger partial charge is 0.373 e. The maximum absolute atomic E-state index is 13.3. The van der Waals surface area contributed by atoms with Gasteiger partial charge in [-0.15, -0.1) is 0 Å². The molecule has 0 bridgehead atoms. The summed E-state index contributed by atoms with van der Waals surface area (Å²) in [7, 11) is 0. The minimum atomic E-state index is -1.58. The lowest BCUT2D eigenvalue weighted by atomic mass is 10.00. The van der Waals surface area contributed by atoms with Crippen molar-refractivity contribution in [3.05, 3.63) is 35.9 Å². The van der Waals surface area contributed by atoms with Crippen LogP contribution in [0.1, 0.15) is 72.3 Å². The third-order valence-electron chi connectivity index (χ3n) is 9.14. The van der Waals surface area contributed by atoms with Gasteiger partial charge in [0.25, 0.3) is 5.78 Å². The van der Waals surface area contributed by atoms with Crippen LogP contribution in [-0.2, 0) is 44.7 Å². The minimum Gasteiger partial charge on any atom is -0.475 e. The Labute approximate surface area is 323 Å². The first kappa shape index (κ1) is 44.6. The summed E-state index contributed by atoms with van der Waals surface area (Å²) >= 11 is 3.38. The van der Waals surface area contributed by atoms with Gasteiger partial charge in [-0.2, -0.15) is 0 Å².